The maximum Gasteiger partial charge on any atom is 0.293 e. The lowest BCUT2D eigenvalue weighted by atomic mass is 9.90. The van der Waals surface area contributed by atoms with Crippen molar-refractivity contribution < 1.29 is 4.92 Å². The van der Waals surface area contributed by atoms with Crippen molar-refractivity contribution in [2.24, 2.45) is 11.7 Å². The van der Waals surface area contributed by atoms with Crippen LogP contribution in [0.1, 0.15) is 27.2 Å². The van der Waals surface area contributed by atoms with Crippen LogP contribution in [-0.2, 0) is 0 Å². The molecule has 0 fully saturated rings. The molecule has 1 unspecified atom stereocenters. The fourth-order valence-electron chi connectivity index (χ4n) is 2.17. The highest BCUT2D eigenvalue weighted by Crippen LogP contribution is 2.30. The van der Waals surface area contributed by atoms with Crippen LogP contribution in [0.5, 0.6) is 0 Å². The normalized spacial score (nSPS) is 14.2. The van der Waals surface area contributed by atoms with Crippen LogP contribution in [-0.4, -0.2) is 17.0 Å². The summed E-state index contributed by atoms with van der Waals surface area (Å²) in [7, 11) is 0. The molecule has 0 radical (unpaired) electrons. The number of halogens is 1. The van der Waals surface area contributed by atoms with Gasteiger partial charge in [-0.15, -0.1) is 0 Å². The molecule has 0 aromatic heterocycles. The highest BCUT2D eigenvalue weighted by atomic mass is 127. The SMILES string of the molecule is CC(C)CC(C)(CN)Nc1ccc(I)cc1[N+](=O)[O-]. The average Bonchev–Trinajstić information content (AvgIpc) is 2.30. The Morgan fingerprint density at radius 1 is 1.53 bits per heavy atom. The number of hydrogen-bond donors (Lipinski definition) is 2. The Morgan fingerprint density at radius 3 is 2.63 bits per heavy atom. The molecule has 1 atom stereocenters. The zero-order chi connectivity index (χ0) is 14.6. The Labute approximate surface area is 127 Å². The summed E-state index contributed by atoms with van der Waals surface area (Å²) < 4.78 is 0.841. The summed E-state index contributed by atoms with van der Waals surface area (Å²) in [4.78, 5) is 10.7. The van der Waals surface area contributed by atoms with E-state index in [4.69, 9.17) is 5.73 Å². The van der Waals surface area contributed by atoms with Gasteiger partial charge in [0.15, 0.2) is 0 Å². The summed E-state index contributed by atoms with van der Waals surface area (Å²) in [5.74, 6) is 0.462. The molecule has 0 saturated heterocycles. The summed E-state index contributed by atoms with van der Waals surface area (Å²) in [5, 5.41) is 14.3. The number of hydrogen-bond acceptors (Lipinski definition) is 4. The Hall–Kier alpha value is -0.890. The van der Waals surface area contributed by atoms with Crippen molar-refractivity contribution in [3.05, 3.63) is 31.9 Å². The third kappa shape index (κ3) is 4.61. The highest BCUT2D eigenvalue weighted by Gasteiger charge is 2.26. The van der Waals surface area contributed by atoms with E-state index < -0.39 is 0 Å². The lowest BCUT2D eigenvalue weighted by molar-refractivity contribution is -0.384. The van der Waals surface area contributed by atoms with Crippen molar-refractivity contribution in [1.29, 1.82) is 0 Å². The molecule has 0 aliphatic rings. The van der Waals surface area contributed by atoms with Crippen molar-refractivity contribution in [1.82, 2.24) is 0 Å². The number of nitro benzene ring substituents is 1. The molecule has 6 heteroatoms. The third-order valence-corrected chi connectivity index (χ3v) is 3.57. The summed E-state index contributed by atoms with van der Waals surface area (Å²) in [6.07, 6.45) is 0.854. The average molecular weight is 377 g/mol. The fourth-order valence-corrected chi connectivity index (χ4v) is 2.65. The number of nitrogens with two attached hydrogens (primary N) is 1. The molecule has 106 valence electrons. The zero-order valence-electron chi connectivity index (χ0n) is 11.4. The molecule has 5 nitrogen and oxygen atoms in total. The number of rotatable bonds is 6. The van der Waals surface area contributed by atoms with Gasteiger partial charge in [0.2, 0.25) is 0 Å². The Balaban J connectivity index is 3.06. The maximum atomic E-state index is 11.1. The van der Waals surface area contributed by atoms with Crippen molar-refractivity contribution in [3.63, 3.8) is 0 Å². The minimum absolute atomic E-state index is 0.0929. The van der Waals surface area contributed by atoms with Crippen LogP contribution in [0.15, 0.2) is 18.2 Å². The third-order valence-electron chi connectivity index (χ3n) is 2.90. The second kappa shape index (κ2) is 6.51. The van der Waals surface area contributed by atoms with E-state index in [9.17, 15) is 10.1 Å². The number of nitro groups is 1. The lowest BCUT2D eigenvalue weighted by Gasteiger charge is -2.32. The summed E-state index contributed by atoms with van der Waals surface area (Å²) in [6.45, 7) is 6.64. The van der Waals surface area contributed by atoms with E-state index in [1.54, 1.807) is 12.1 Å². The molecule has 0 heterocycles. The van der Waals surface area contributed by atoms with Crippen LogP contribution >= 0.6 is 22.6 Å². The van der Waals surface area contributed by atoms with Gasteiger partial charge < -0.3 is 11.1 Å². The molecular weight excluding hydrogens is 357 g/mol. The van der Waals surface area contributed by atoms with Crippen LogP contribution in [0.25, 0.3) is 0 Å². The maximum absolute atomic E-state index is 11.1. The Bertz CT molecular complexity index is 465. The molecule has 0 bridgehead atoms. The summed E-state index contributed by atoms with van der Waals surface area (Å²) >= 11 is 2.07. The predicted octanol–water partition coefficient (Wildman–Crippen LogP) is 3.37. The molecule has 0 aliphatic carbocycles. The van der Waals surface area contributed by atoms with Gasteiger partial charge in [-0.05, 0) is 54.0 Å². The van der Waals surface area contributed by atoms with Gasteiger partial charge in [0.25, 0.3) is 5.69 Å². The standard InChI is InChI=1S/C13H20IN3O2/c1-9(2)7-13(3,8-15)16-11-5-4-10(14)6-12(11)17(18)19/h4-6,9,16H,7-8,15H2,1-3H3. The van der Waals surface area contributed by atoms with Gasteiger partial charge in [-0.25, -0.2) is 0 Å². The molecule has 19 heavy (non-hydrogen) atoms. The van der Waals surface area contributed by atoms with E-state index in [0.29, 0.717) is 18.2 Å². The second-order valence-corrected chi connectivity index (χ2v) is 6.65. The van der Waals surface area contributed by atoms with Crippen molar-refractivity contribution in [2.45, 2.75) is 32.7 Å². The van der Waals surface area contributed by atoms with E-state index in [-0.39, 0.29) is 16.1 Å². The molecule has 0 saturated carbocycles. The topological polar surface area (TPSA) is 81.2 Å². The second-order valence-electron chi connectivity index (χ2n) is 5.41. The van der Waals surface area contributed by atoms with Crippen molar-refractivity contribution in [3.8, 4) is 0 Å². The van der Waals surface area contributed by atoms with Gasteiger partial charge in [-0.3, -0.25) is 10.1 Å². The molecule has 0 spiro atoms. The van der Waals surface area contributed by atoms with E-state index >= 15 is 0 Å². The molecular formula is C13H20IN3O2. The molecule has 1 aromatic carbocycles. The predicted molar refractivity (Wildman–Crippen MR) is 86.4 cm³/mol. The van der Waals surface area contributed by atoms with Crippen LogP contribution in [0.4, 0.5) is 11.4 Å². The fraction of sp³-hybridized carbons (Fsp3) is 0.538. The molecule has 3 N–H and O–H groups in total. The first-order valence-corrected chi connectivity index (χ1v) is 7.27. The van der Waals surface area contributed by atoms with E-state index in [2.05, 4.69) is 41.8 Å². The zero-order valence-corrected chi connectivity index (χ0v) is 13.6. The number of benzene rings is 1. The molecule has 1 rings (SSSR count). The van der Waals surface area contributed by atoms with Gasteiger partial charge in [0.1, 0.15) is 5.69 Å². The van der Waals surface area contributed by atoms with Crippen LogP contribution in [0.2, 0.25) is 0 Å². The van der Waals surface area contributed by atoms with Crippen molar-refractivity contribution in [2.75, 3.05) is 11.9 Å². The Kier molecular flexibility index (Phi) is 5.54. The minimum Gasteiger partial charge on any atom is -0.373 e. The van der Waals surface area contributed by atoms with E-state index in [1.807, 2.05) is 13.0 Å². The van der Waals surface area contributed by atoms with E-state index in [0.717, 1.165) is 9.99 Å². The van der Waals surface area contributed by atoms with Gasteiger partial charge >= 0.3 is 0 Å². The number of nitrogens with zero attached hydrogens (tertiary/aromatic N) is 1. The number of anilines is 1. The van der Waals surface area contributed by atoms with Gasteiger partial charge in [-0.2, -0.15) is 0 Å². The molecule has 0 amide bonds. The van der Waals surface area contributed by atoms with Gasteiger partial charge in [0, 0.05) is 21.7 Å². The quantitative estimate of drug-likeness (QED) is 0.453. The van der Waals surface area contributed by atoms with Gasteiger partial charge in [0.05, 0.1) is 4.92 Å². The summed E-state index contributed by atoms with van der Waals surface area (Å²) in [5.41, 5.74) is 6.10. The first kappa shape index (κ1) is 16.2. The number of nitrogens with one attached hydrogen (secondary N) is 1. The van der Waals surface area contributed by atoms with Crippen LogP contribution in [0.3, 0.4) is 0 Å². The van der Waals surface area contributed by atoms with Crippen molar-refractivity contribution >= 4 is 34.0 Å². The minimum atomic E-state index is -0.364. The molecule has 1 aromatic rings. The highest BCUT2D eigenvalue weighted by molar-refractivity contribution is 14.1. The van der Waals surface area contributed by atoms with Crippen LogP contribution < -0.4 is 11.1 Å². The Morgan fingerprint density at radius 2 is 2.16 bits per heavy atom. The molecule has 0 aliphatic heterocycles. The van der Waals surface area contributed by atoms with Crippen LogP contribution in [0, 0.1) is 19.6 Å². The summed E-state index contributed by atoms with van der Waals surface area (Å²) in [6, 6.07) is 5.16. The first-order valence-electron chi connectivity index (χ1n) is 6.19. The lowest BCUT2D eigenvalue weighted by Crippen LogP contribution is -2.43. The monoisotopic (exact) mass is 377 g/mol. The smallest absolute Gasteiger partial charge is 0.293 e. The first-order chi connectivity index (χ1) is 8.77. The van der Waals surface area contributed by atoms with E-state index in [1.165, 1.54) is 0 Å². The van der Waals surface area contributed by atoms with Gasteiger partial charge in [-0.1, -0.05) is 13.8 Å². The largest absolute Gasteiger partial charge is 0.373 e.